The number of para-hydroxylation sites is 2. The van der Waals surface area contributed by atoms with E-state index in [0.29, 0.717) is 12.2 Å². The van der Waals surface area contributed by atoms with Gasteiger partial charge in [-0.1, -0.05) is 24.3 Å². The molecule has 1 N–H and O–H groups in total. The summed E-state index contributed by atoms with van der Waals surface area (Å²) in [6.07, 6.45) is 4.88. The smallest absolute Gasteiger partial charge is 0.292 e. The number of carbonyl (C=O) groups is 1. The molecule has 0 radical (unpaired) electrons. The maximum absolute atomic E-state index is 13.2. The van der Waals surface area contributed by atoms with Gasteiger partial charge in [-0.3, -0.25) is 14.9 Å². The largest absolute Gasteiger partial charge is 0.361 e. The van der Waals surface area contributed by atoms with Crippen molar-refractivity contribution in [2.75, 3.05) is 11.4 Å². The van der Waals surface area contributed by atoms with Crippen LogP contribution in [0.15, 0.2) is 36.4 Å². The Morgan fingerprint density at radius 3 is 2.77 bits per heavy atom. The van der Waals surface area contributed by atoms with Crippen LogP contribution in [0.5, 0.6) is 0 Å². The molecule has 4 atom stereocenters. The molecule has 0 aliphatic carbocycles. The van der Waals surface area contributed by atoms with Crippen molar-refractivity contribution in [1.29, 1.82) is 0 Å². The first-order valence-electron chi connectivity index (χ1n) is 8.90. The number of fused-ring (bicyclic) bond motifs is 1. The summed E-state index contributed by atoms with van der Waals surface area (Å²) in [5, 5.41) is 14.6. The highest BCUT2D eigenvalue weighted by Crippen LogP contribution is 2.53. The fourth-order valence-corrected chi connectivity index (χ4v) is 4.49. The molecule has 3 heterocycles. The van der Waals surface area contributed by atoms with Crippen molar-refractivity contribution >= 4 is 17.3 Å². The summed E-state index contributed by atoms with van der Waals surface area (Å²) in [5.41, 5.74) is -0.629. The van der Waals surface area contributed by atoms with E-state index in [4.69, 9.17) is 4.74 Å². The maximum atomic E-state index is 13.2. The number of nitro benzene ring substituents is 1. The van der Waals surface area contributed by atoms with Gasteiger partial charge in [0.2, 0.25) is 5.91 Å². The summed E-state index contributed by atoms with van der Waals surface area (Å²) in [7, 11) is 0. The van der Waals surface area contributed by atoms with E-state index in [0.717, 1.165) is 6.42 Å². The van der Waals surface area contributed by atoms with Crippen LogP contribution in [0.2, 0.25) is 0 Å². The highest BCUT2D eigenvalue weighted by atomic mass is 16.6. The Morgan fingerprint density at radius 1 is 1.38 bits per heavy atom. The van der Waals surface area contributed by atoms with Gasteiger partial charge < -0.3 is 15.0 Å². The number of ether oxygens (including phenoxy) is 1. The van der Waals surface area contributed by atoms with Gasteiger partial charge in [-0.05, 0) is 33.3 Å². The molecular formula is C19H23N3O4. The first kappa shape index (κ1) is 17.0. The van der Waals surface area contributed by atoms with Crippen LogP contribution < -0.4 is 10.2 Å². The van der Waals surface area contributed by atoms with Gasteiger partial charge in [0, 0.05) is 24.1 Å². The number of hydrogen-bond acceptors (Lipinski definition) is 5. The van der Waals surface area contributed by atoms with E-state index >= 15 is 0 Å². The molecular weight excluding hydrogens is 334 g/mol. The predicted octanol–water partition coefficient (Wildman–Crippen LogP) is 2.41. The maximum Gasteiger partial charge on any atom is 0.292 e. The zero-order valence-electron chi connectivity index (χ0n) is 15.1. The minimum absolute atomic E-state index is 0.0101. The summed E-state index contributed by atoms with van der Waals surface area (Å²) in [6, 6.07) is 5.97. The number of amides is 1. The number of nitro groups is 1. The summed E-state index contributed by atoms with van der Waals surface area (Å²) in [6.45, 7) is 6.33. The number of nitrogens with zero attached hydrogens (tertiary/aromatic N) is 2. The van der Waals surface area contributed by atoms with Crippen LogP contribution in [0.3, 0.4) is 0 Å². The van der Waals surface area contributed by atoms with Crippen LogP contribution in [-0.4, -0.2) is 40.7 Å². The molecule has 7 nitrogen and oxygen atoms in total. The molecule has 2 bridgehead atoms. The molecule has 0 aromatic heterocycles. The summed E-state index contributed by atoms with van der Waals surface area (Å²) >= 11 is 0. The lowest BCUT2D eigenvalue weighted by Crippen LogP contribution is -2.57. The lowest BCUT2D eigenvalue weighted by molar-refractivity contribution is -0.384. The van der Waals surface area contributed by atoms with Gasteiger partial charge in [-0.15, -0.1) is 0 Å². The van der Waals surface area contributed by atoms with Gasteiger partial charge in [0.05, 0.1) is 11.0 Å². The van der Waals surface area contributed by atoms with Crippen LogP contribution in [0.1, 0.15) is 27.2 Å². The summed E-state index contributed by atoms with van der Waals surface area (Å²) in [4.78, 5) is 26.2. The first-order valence-corrected chi connectivity index (χ1v) is 8.90. The van der Waals surface area contributed by atoms with Crippen molar-refractivity contribution < 1.29 is 14.5 Å². The third-order valence-corrected chi connectivity index (χ3v) is 5.37. The van der Waals surface area contributed by atoms with E-state index in [-0.39, 0.29) is 23.6 Å². The van der Waals surface area contributed by atoms with Crippen molar-refractivity contribution in [3.8, 4) is 0 Å². The number of anilines is 1. The van der Waals surface area contributed by atoms with Crippen LogP contribution in [0.25, 0.3) is 0 Å². The average Bonchev–Trinajstić information content (AvgIpc) is 3.19. The van der Waals surface area contributed by atoms with Crippen molar-refractivity contribution in [3.63, 3.8) is 0 Å². The van der Waals surface area contributed by atoms with Crippen LogP contribution in [-0.2, 0) is 9.53 Å². The Balaban J connectivity index is 1.78. The molecule has 1 spiro atoms. The molecule has 4 rings (SSSR count). The summed E-state index contributed by atoms with van der Waals surface area (Å²) < 4.78 is 6.20. The zero-order valence-corrected chi connectivity index (χ0v) is 15.1. The van der Waals surface area contributed by atoms with E-state index < -0.39 is 22.1 Å². The minimum atomic E-state index is -0.705. The van der Waals surface area contributed by atoms with Crippen molar-refractivity contribution in [3.05, 3.63) is 46.5 Å². The highest BCUT2D eigenvalue weighted by Gasteiger charge is 2.64. The number of hydrogen-bond donors (Lipinski definition) is 1. The number of benzene rings is 1. The second-order valence-corrected chi connectivity index (χ2v) is 8.34. The quantitative estimate of drug-likeness (QED) is 0.510. The molecule has 7 heteroatoms. The van der Waals surface area contributed by atoms with Crippen molar-refractivity contribution in [2.45, 2.75) is 50.5 Å². The lowest BCUT2D eigenvalue weighted by Gasteiger charge is -2.35. The van der Waals surface area contributed by atoms with E-state index in [1.807, 2.05) is 37.8 Å². The van der Waals surface area contributed by atoms with E-state index in [1.165, 1.54) is 6.07 Å². The molecule has 26 heavy (non-hydrogen) atoms. The van der Waals surface area contributed by atoms with Crippen LogP contribution in [0.4, 0.5) is 11.4 Å². The standard InChI is InChI=1S/C19H23N3O4/c1-18(2,3)20-17(23)16-19-9-8-13(26-19)10-12(19)11-21(16)14-6-4-5-7-15(14)22(24)25/h4-9,12-13,16H,10-11H2,1-3H3,(H,20,23)/t12-,13+,16?,19-/m0/s1. The molecule has 3 aliphatic heterocycles. The van der Waals surface area contributed by atoms with E-state index in [1.54, 1.807) is 18.2 Å². The van der Waals surface area contributed by atoms with Crippen molar-refractivity contribution in [2.24, 2.45) is 5.92 Å². The fourth-order valence-electron chi connectivity index (χ4n) is 4.49. The molecule has 138 valence electrons. The Kier molecular flexibility index (Phi) is 3.63. The van der Waals surface area contributed by atoms with Crippen LogP contribution >= 0.6 is 0 Å². The molecule has 1 aromatic rings. The average molecular weight is 357 g/mol. The topological polar surface area (TPSA) is 84.7 Å². The number of nitrogens with one attached hydrogen (secondary N) is 1. The molecule has 1 aromatic carbocycles. The summed E-state index contributed by atoms with van der Waals surface area (Å²) in [5.74, 6) is -0.0154. The third kappa shape index (κ3) is 2.49. The minimum Gasteiger partial charge on any atom is -0.361 e. The predicted molar refractivity (Wildman–Crippen MR) is 97.0 cm³/mol. The molecule has 0 saturated carbocycles. The van der Waals surface area contributed by atoms with Gasteiger partial charge in [-0.25, -0.2) is 0 Å². The van der Waals surface area contributed by atoms with E-state index in [2.05, 4.69) is 5.32 Å². The van der Waals surface area contributed by atoms with Gasteiger partial charge in [0.1, 0.15) is 17.3 Å². The van der Waals surface area contributed by atoms with E-state index in [9.17, 15) is 14.9 Å². The third-order valence-electron chi connectivity index (χ3n) is 5.37. The normalized spacial score (nSPS) is 32.0. The second kappa shape index (κ2) is 5.54. The Morgan fingerprint density at radius 2 is 2.12 bits per heavy atom. The SMILES string of the molecule is CC(C)(C)NC(=O)C1N(c2ccccc2[N+](=O)[O-])C[C@@H]2C[C@H]3C=C[C@@]12O3. The van der Waals surface area contributed by atoms with Crippen molar-refractivity contribution in [1.82, 2.24) is 5.32 Å². The fraction of sp³-hybridized carbons (Fsp3) is 0.526. The molecule has 1 amide bonds. The van der Waals surface area contributed by atoms with Gasteiger partial charge in [-0.2, -0.15) is 0 Å². The highest BCUT2D eigenvalue weighted by molar-refractivity contribution is 5.90. The first-order chi connectivity index (χ1) is 12.2. The van der Waals surface area contributed by atoms with Gasteiger partial charge in [0.25, 0.3) is 5.69 Å². The Bertz CT molecular complexity index is 800. The molecule has 1 unspecified atom stereocenters. The van der Waals surface area contributed by atoms with Gasteiger partial charge >= 0.3 is 0 Å². The van der Waals surface area contributed by atoms with Crippen LogP contribution in [0, 0.1) is 16.0 Å². The number of carbonyl (C=O) groups excluding carboxylic acids is 1. The zero-order chi connectivity index (χ0) is 18.7. The molecule has 2 fully saturated rings. The lowest BCUT2D eigenvalue weighted by atomic mass is 9.81. The number of rotatable bonds is 3. The molecule has 2 saturated heterocycles. The second-order valence-electron chi connectivity index (χ2n) is 8.34. The molecule has 3 aliphatic rings. The Hall–Kier alpha value is -2.41. The van der Waals surface area contributed by atoms with Gasteiger partial charge in [0.15, 0.2) is 0 Å². The monoisotopic (exact) mass is 357 g/mol. The Labute approximate surface area is 152 Å².